The molecule has 2 aromatic rings. The van der Waals surface area contributed by atoms with Crippen LogP contribution in [-0.4, -0.2) is 27.2 Å². The van der Waals surface area contributed by atoms with E-state index in [4.69, 9.17) is 0 Å². The fraction of sp³-hybridized carbons (Fsp3) is 0. The number of rotatable bonds is 3. The maximum atomic E-state index is 10.8. The Kier molecular flexibility index (Phi) is 3.55. The Balaban J connectivity index is 2.28. The van der Waals surface area contributed by atoms with E-state index in [0.717, 1.165) is 11.8 Å². The van der Waals surface area contributed by atoms with Crippen LogP contribution >= 0.6 is 0 Å². The van der Waals surface area contributed by atoms with Gasteiger partial charge in [-0.15, -0.1) is 0 Å². The molecule has 0 atom stereocenters. The van der Waals surface area contributed by atoms with Crippen LogP contribution in [0.5, 0.6) is 0 Å². The van der Waals surface area contributed by atoms with Gasteiger partial charge in [-0.3, -0.25) is 0 Å². The number of benzene rings is 2. The van der Waals surface area contributed by atoms with Crippen LogP contribution in [0.1, 0.15) is 10.4 Å². The van der Waals surface area contributed by atoms with Gasteiger partial charge in [0, 0.05) is 0 Å². The Morgan fingerprint density at radius 3 is 2.27 bits per heavy atom. The molecular weight excluding hydrogens is 300 g/mol. The Morgan fingerprint density at radius 2 is 1.53 bits per heavy atom. The summed E-state index contributed by atoms with van der Waals surface area (Å²) < 4.78 is 2.57. The molecule has 0 unspecified atom stereocenters. The molecule has 2 rings (SSSR count). The van der Waals surface area contributed by atoms with E-state index in [0.29, 0.717) is 0 Å². The van der Waals surface area contributed by atoms with E-state index in [1.54, 1.807) is 0 Å². The molecule has 2 heteroatoms. The van der Waals surface area contributed by atoms with Gasteiger partial charge in [0.05, 0.1) is 0 Å². The summed E-state index contributed by atoms with van der Waals surface area (Å²) in [6, 6.07) is 18.2. The molecule has 0 bridgehead atoms. The molecule has 0 aliphatic rings. The number of aldehydes is 1. The van der Waals surface area contributed by atoms with E-state index in [1.165, 1.54) is 7.22 Å². The van der Waals surface area contributed by atoms with Gasteiger partial charge in [0.2, 0.25) is 0 Å². The van der Waals surface area contributed by atoms with Gasteiger partial charge in [0.15, 0.2) is 0 Å². The predicted molar refractivity (Wildman–Crippen MR) is 63.3 cm³/mol. The maximum absolute atomic E-state index is 10.8. The fourth-order valence-corrected chi connectivity index (χ4v) is 3.93. The monoisotopic (exact) mass is 312 g/mol. The van der Waals surface area contributed by atoms with Gasteiger partial charge >= 0.3 is 99.4 Å². The van der Waals surface area contributed by atoms with Crippen molar-refractivity contribution in [1.29, 1.82) is 0 Å². The Morgan fingerprint density at radius 1 is 0.867 bits per heavy atom. The molecule has 0 aliphatic carbocycles. The number of carbonyl (C=O) groups excluding carboxylic acids is 1. The Hall–Kier alpha value is -1.10. The van der Waals surface area contributed by atoms with Crippen molar-refractivity contribution in [3.8, 4) is 0 Å². The standard InChI is InChI=1S/C13H10OTe/c14-10-11-6-4-5-9-13(11)15-12-7-2-1-3-8-12/h1-10H. The summed E-state index contributed by atoms with van der Waals surface area (Å²) in [5, 5.41) is 0. The van der Waals surface area contributed by atoms with E-state index in [1.807, 2.05) is 36.4 Å². The van der Waals surface area contributed by atoms with Gasteiger partial charge in [0.1, 0.15) is 0 Å². The van der Waals surface area contributed by atoms with Crippen LogP contribution in [-0.2, 0) is 0 Å². The summed E-state index contributed by atoms with van der Waals surface area (Å²) in [5.74, 6) is 0. The van der Waals surface area contributed by atoms with Gasteiger partial charge < -0.3 is 0 Å². The second-order valence-electron chi connectivity index (χ2n) is 3.07. The van der Waals surface area contributed by atoms with Crippen LogP contribution in [0.2, 0.25) is 0 Å². The summed E-state index contributed by atoms with van der Waals surface area (Å²) >= 11 is -0.421. The molecule has 0 saturated heterocycles. The third-order valence-electron chi connectivity index (χ3n) is 2.02. The van der Waals surface area contributed by atoms with Crippen LogP contribution in [0.25, 0.3) is 0 Å². The predicted octanol–water partition coefficient (Wildman–Crippen LogP) is 1.15. The van der Waals surface area contributed by atoms with E-state index in [-0.39, 0.29) is 0 Å². The topological polar surface area (TPSA) is 17.1 Å². The third kappa shape index (κ3) is 2.68. The van der Waals surface area contributed by atoms with Crippen molar-refractivity contribution in [3.05, 3.63) is 60.2 Å². The summed E-state index contributed by atoms with van der Waals surface area (Å²) in [6.45, 7) is 0. The molecule has 0 N–H and O–H groups in total. The van der Waals surface area contributed by atoms with E-state index in [2.05, 4.69) is 18.2 Å². The fourth-order valence-electron chi connectivity index (χ4n) is 1.29. The van der Waals surface area contributed by atoms with E-state index >= 15 is 0 Å². The first kappa shape index (κ1) is 10.4. The second kappa shape index (κ2) is 5.11. The zero-order valence-electron chi connectivity index (χ0n) is 8.09. The molecule has 74 valence electrons. The van der Waals surface area contributed by atoms with E-state index < -0.39 is 20.9 Å². The zero-order valence-corrected chi connectivity index (χ0v) is 10.4. The van der Waals surface area contributed by atoms with Crippen molar-refractivity contribution in [2.75, 3.05) is 0 Å². The zero-order chi connectivity index (χ0) is 10.5. The molecule has 0 spiro atoms. The molecule has 2 aromatic carbocycles. The van der Waals surface area contributed by atoms with Crippen molar-refractivity contribution < 1.29 is 4.79 Å². The van der Waals surface area contributed by atoms with Gasteiger partial charge in [0.25, 0.3) is 0 Å². The number of hydrogen-bond donors (Lipinski definition) is 0. The minimum atomic E-state index is -0.421. The van der Waals surface area contributed by atoms with Gasteiger partial charge in [-0.1, -0.05) is 0 Å². The van der Waals surface area contributed by atoms with Gasteiger partial charge in [-0.05, 0) is 0 Å². The SMILES string of the molecule is O=Cc1ccccc1[Te]c1ccccc1. The quantitative estimate of drug-likeness (QED) is 0.614. The van der Waals surface area contributed by atoms with Crippen molar-refractivity contribution in [2.24, 2.45) is 0 Å². The molecule has 0 amide bonds. The summed E-state index contributed by atoms with van der Waals surface area (Å²) in [4.78, 5) is 10.8. The van der Waals surface area contributed by atoms with Crippen LogP contribution in [0.3, 0.4) is 0 Å². The number of hydrogen-bond acceptors (Lipinski definition) is 1. The first-order valence-corrected chi connectivity index (χ1v) is 7.00. The average molecular weight is 310 g/mol. The van der Waals surface area contributed by atoms with Crippen LogP contribution in [0, 0.1) is 0 Å². The minimum absolute atomic E-state index is 0.421. The first-order chi connectivity index (χ1) is 7.40. The van der Waals surface area contributed by atoms with E-state index in [9.17, 15) is 4.79 Å². The normalized spacial score (nSPS) is 9.87. The summed E-state index contributed by atoms with van der Waals surface area (Å²) in [5.41, 5.74) is 0.837. The average Bonchev–Trinajstić information content (AvgIpc) is 2.31. The van der Waals surface area contributed by atoms with Crippen molar-refractivity contribution in [2.45, 2.75) is 0 Å². The third-order valence-corrected chi connectivity index (χ3v) is 5.16. The van der Waals surface area contributed by atoms with Crippen molar-refractivity contribution in [3.63, 3.8) is 0 Å². The first-order valence-electron chi connectivity index (χ1n) is 4.67. The van der Waals surface area contributed by atoms with Crippen LogP contribution in [0.15, 0.2) is 54.6 Å². The molecule has 0 heterocycles. The van der Waals surface area contributed by atoms with Crippen LogP contribution in [0.4, 0.5) is 0 Å². The number of carbonyl (C=O) groups is 1. The van der Waals surface area contributed by atoms with Crippen molar-refractivity contribution in [1.82, 2.24) is 0 Å². The van der Waals surface area contributed by atoms with Crippen LogP contribution < -0.4 is 7.22 Å². The van der Waals surface area contributed by atoms with Crippen molar-refractivity contribution >= 4 is 34.4 Å². The molecular formula is C13H10OTe. The molecule has 0 radical (unpaired) electrons. The Labute approximate surface area is 99.2 Å². The summed E-state index contributed by atoms with van der Waals surface area (Å²) in [6.07, 6.45) is 0.947. The van der Waals surface area contributed by atoms with Gasteiger partial charge in [-0.2, -0.15) is 0 Å². The second-order valence-corrected chi connectivity index (χ2v) is 6.25. The molecule has 1 nitrogen and oxygen atoms in total. The molecule has 15 heavy (non-hydrogen) atoms. The molecule has 0 saturated carbocycles. The molecule has 0 aliphatic heterocycles. The molecule has 0 aromatic heterocycles. The molecule has 0 fully saturated rings. The van der Waals surface area contributed by atoms with Gasteiger partial charge in [-0.25, -0.2) is 0 Å². The summed E-state index contributed by atoms with van der Waals surface area (Å²) in [7, 11) is 0. The Bertz CT molecular complexity index is 451.